The first-order chi connectivity index (χ1) is 6.36. The van der Waals surface area contributed by atoms with E-state index in [1.165, 1.54) is 0 Å². The summed E-state index contributed by atoms with van der Waals surface area (Å²) in [5.41, 5.74) is 2.65. The Balaban J connectivity index is 2.83. The lowest BCUT2D eigenvalue weighted by Gasteiger charge is -2.01. The third-order valence-electron chi connectivity index (χ3n) is 2.13. The minimum Gasteiger partial charge on any atom is -0.388 e. The van der Waals surface area contributed by atoms with Gasteiger partial charge in [0.2, 0.25) is 0 Å². The van der Waals surface area contributed by atoms with Crippen molar-refractivity contribution < 1.29 is 4.79 Å². The normalized spacial score (nSPS) is 10.2. The fraction of sp³-hybridized carbons (Fsp3) is 0.100. The molecule has 0 aliphatic heterocycles. The first-order valence-electron chi connectivity index (χ1n) is 4.10. The summed E-state index contributed by atoms with van der Waals surface area (Å²) in [7, 11) is 1.84. The average Bonchev–Trinajstić information content (AvgIpc) is 2.60. The maximum Gasteiger partial charge on any atom is 0.152 e. The molecule has 3 heteroatoms. The second-order valence-corrected chi connectivity index (χ2v) is 2.84. The van der Waals surface area contributed by atoms with Gasteiger partial charge in [0.25, 0.3) is 0 Å². The number of benzene rings is 1. The number of hydrogen-bond acceptors (Lipinski definition) is 2. The molecule has 3 nitrogen and oxygen atoms in total. The van der Waals surface area contributed by atoms with Gasteiger partial charge in [0.05, 0.1) is 0 Å². The Bertz CT molecular complexity index is 445. The molecule has 2 aromatic rings. The molecule has 0 saturated heterocycles. The van der Waals surface area contributed by atoms with Crippen molar-refractivity contribution in [1.29, 1.82) is 0 Å². The molecule has 0 radical (unpaired) electrons. The number of rotatable bonds is 2. The standard InChI is InChI=1S/C10H10N2O/c1-11-8-3-2-4-9-10(8)7(6-13)5-12-9/h2-6,11-12H,1H3. The number of carbonyl (C=O) groups excluding carboxylic acids is 1. The third kappa shape index (κ3) is 1.09. The highest BCUT2D eigenvalue weighted by Crippen LogP contribution is 2.24. The first kappa shape index (κ1) is 7.86. The number of aromatic amines is 1. The van der Waals surface area contributed by atoms with Gasteiger partial charge in [-0.15, -0.1) is 0 Å². The molecule has 0 fully saturated rings. The first-order valence-corrected chi connectivity index (χ1v) is 4.10. The van der Waals surface area contributed by atoms with E-state index in [4.69, 9.17) is 0 Å². The van der Waals surface area contributed by atoms with Crippen molar-refractivity contribution in [2.75, 3.05) is 12.4 Å². The average molecular weight is 174 g/mol. The maximum absolute atomic E-state index is 10.7. The molecule has 0 saturated carbocycles. The summed E-state index contributed by atoms with van der Waals surface area (Å²) in [5, 5.41) is 4.01. The van der Waals surface area contributed by atoms with E-state index in [9.17, 15) is 4.79 Å². The van der Waals surface area contributed by atoms with E-state index >= 15 is 0 Å². The molecule has 0 aliphatic carbocycles. The molecule has 13 heavy (non-hydrogen) atoms. The molecular weight excluding hydrogens is 164 g/mol. The van der Waals surface area contributed by atoms with Crippen molar-refractivity contribution in [1.82, 2.24) is 4.98 Å². The second kappa shape index (κ2) is 2.94. The molecule has 0 spiro atoms. The highest BCUT2D eigenvalue weighted by Gasteiger charge is 2.05. The fourth-order valence-electron chi connectivity index (χ4n) is 1.51. The fourth-order valence-corrected chi connectivity index (χ4v) is 1.51. The molecule has 66 valence electrons. The van der Waals surface area contributed by atoms with Crippen LogP contribution in [0.2, 0.25) is 0 Å². The van der Waals surface area contributed by atoms with Crippen LogP contribution in [0.25, 0.3) is 10.9 Å². The van der Waals surface area contributed by atoms with Gasteiger partial charge in [0, 0.05) is 35.4 Å². The molecule has 2 rings (SSSR count). The lowest BCUT2D eigenvalue weighted by molar-refractivity contribution is 0.112. The number of hydrogen-bond donors (Lipinski definition) is 2. The van der Waals surface area contributed by atoms with Crippen molar-refractivity contribution in [3.05, 3.63) is 30.0 Å². The van der Waals surface area contributed by atoms with E-state index in [1.54, 1.807) is 6.20 Å². The summed E-state index contributed by atoms with van der Waals surface area (Å²) in [4.78, 5) is 13.7. The molecule has 0 amide bonds. The summed E-state index contributed by atoms with van der Waals surface area (Å²) in [6.07, 6.45) is 2.58. The van der Waals surface area contributed by atoms with Gasteiger partial charge in [-0.05, 0) is 12.1 Å². The summed E-state index contributed by atoms with van der Waals surface area (Å²) >= 11 is 0. The van der Waals surface area contributed by atoms with E-state index in [0.717, 1.165) is 22.9 Å². The Morgan fingerprint density at radius 2 is 2.31 bits per heavy atom. The van der Waals surface area contributed by atoms with Crippen molar-refractivity contribution in [3.8, 4) is 0 Å². The van der Waals surface area contributed by atoms with Crippen molar-refractivity contribution >= 4 is 22.9 Å². The summed E-state index contributed by atoms with van der Waals surface area (Å²) < 4.78 is 0. The Kier molecular flexibility index (Phi) is 1.77. The Hall–Kier alpha value is -1.77. The smallest absolute Gasteiger partial charge is 0.152 e. The van der Waals surface area contributed by atoms with Crippen LogP contribution in [0, 0.1) is 0 Å². The van der Waals surface area contributed by atoms with E-state index in [-0.39, 0.29) is 0 Å². The van der Waals surface area contributed by atoms with Gasteiger partial charge in [-0.2, -0.15) is 0 Å². The second-order valence-electron chi connectivity index (χ2n) is 2.84. The molecular formula is C10H10N2O. The van der Waals surface area contributed by atoms with Crippen LogP contribution in [0.1, 0.15) is 10.4 Å². The summed E-state index contributed by atoms with van der Waals surface area (Å²) in [6, 6.07) is 5.84. The molecule has 2 N–H and O–H groups in total. The zero-order valence-electron chi connectivity index (χ0n) is 7.29. The number of fused-ring (bicyclic) bond motifs is 1. The highest BCUT2D eigenvalue weighted by molar-refractivity contribution is 6.04. The number of aromatic nitrogens is 1. The molecule has 0 unspecified atom stereocenters. The van der Waals surface area contributed by atoms with Crippen molar-refractivity contribution in [2.45, 2.75) is 0 Å². The molecule has 1 aromatic heterocycles. The monoisotopic (exact) mass is 174 g/mol. The van der Waals surface area contributed by atoms with E-state index < -0.39 is 0 Å². The van der Waals surface area contributed by atoms with E-state index in [0.29, 0.717) is 5.56 Å². The van der Waals surface area contributed by atoms with E-state index in [2.05, 4.69) is 10.3 Å². The van der Waals surface area contributed by atoms with Gasteiger partial charge in [-0.1, -0.05) is 6.07 Å². The molecule has 1 heterocycles. The minimum atomic E-state index is 0.694. The van der Waals surface area contributed by atoms with E-state index in [1.807, 2.05) is 25.2 Å². The van der Waals surface area contributed by atoms with Crippen LogP contribution in [0.4, 0.5) is 5.69 Å². The van der Waals surface area contributed by atoms with Crippen molar-refractivity contribution in [3.63, 3.8) is 0 Å². The van der Waals surface area contributed by atoms with Gasteiger partial charge in [-0.25, -0.2) is 0 Å². The topological polar surface area (TPSA) is 44.9 Å². The lowest BCUT2D eigenvalue weighted by Crippen LogP contribution is -1.89. The number of nitrogens with one attached hydrogen (secondary N) is 2. The van der Waals surface area contributed by atoms with Gasteiger partial charge >= 0.3 is 0 Å². The van der Waals surface area contributed by atoms with Gasteiger partial charge in [0.1, 0.15) is 0 Å². The Labute approximate surface area is 75.8 Å². The minimum absolute atomic E-state index is 0.694. The van der Waals surface area contributed by atoms with Gasteiger partial charge < -0.3 is 10.3 Å². The number of aldehydes is 1. The zero-order chi connectivity index (χ0) is 9.26. The zero-order valence-corrected chi connectivity index (χ0v) is 7.29. The summed E-state index contributed by atoms with van der Waals surface area (Å²) in [5.74, 6) is 0. The number of anilines is 1. The molecule has 1 aromatic carbocycles. The largest absolute Gasteiger partial charge is 0.388 e. The maximum atomic E-state index is 10.7. The number of H-pyrrole nitrogens is 1. The van der Waals surface area contributed by atoms with Crippen LogP contribution >= 0.6 is 0 Å². The third-order valence-corrected chi connectivity index (χ3v) is 2.13. The van der Waals surface area contributed by atoms with Crippen LogP contribution in [0.5, 0.6) is 0 Å². The van der Waals surface area contributed by atoms with Crippen LogP contribution in [0.3, 0.4) is 0 Å². The van der Waals surface area contributed by atoms with Crippen LogP contribution in [0.15, 0.2) is 24.4 Å². The SMILES string of the molecule is CNc1cccc2[nH]cc(C=O)c12. The number of carbonyl (C=O) groups is 1. The van der Waals surface area contributed by atoms with Crippen molar-refractivity contribution in [2.24, 2.45) is 0 Å². The van der Waals surface area contributed by atoms with Crippen LogP contribution < -0.4 is 5.32 Å². The predicted octanol–water partition coefficient (Wildman–Crippen LogP) is 2.02. The quantitative estimate of drug-likeness (QED) is 0.684. The molecule has 0 bridgehead atoms. The molecule has 0 atom stereocenters. The molecule has 0 aliphatic rings. The predicted molar refractivity (Wildman–Crippen MR) is 53.2 cm³/mol. The lowest BCUT2D eigenvalue weighted by atomic mass is 10.1. The van der Waals surface area contributed by atoms with Crippen LogP contribution in [-0.2, 0) is 0 Å². The van der Waals surface area contributed by atoms with Crippen LogP contribution in [-0.4, -0.2) is 18.3 Å². The van der Waals surface area contributed by atoms with Gasteiger partial charge in [0.15, 0.2) is 6.29 Å². The summed E-state index contributed by atoms with van der Waals surface area (Å²) in [6.45, 7) is 0. The Morgan fingerprint density at radius 1 is 1.46 bits per heavy atom. The highest BCUT2D eigenvalue weighted by atomic mass is 16.1. The Morgan fingerprint density at radius 3 is 3.00 bits per heavy atom. The van der Waals surface area contributed by atoms with Gasteiger partial charge in [-0.3, -0.25) is 4.79 Å².